The minimum Gasteiger partial charge on any atom is -0.481 e. The van der Waals surface area contributed by atoms with Crippen LogP contribution >= 0.6 is 0 Å². The smallest absolute Gasteiger partial charge is 0.389 e. The number of carbonyl (C=O) groups is 2. The molecule has 0 spiro atoms. The molecule has 0 atom stereocenters. The molecule has 0 aliphatic rings. The summed E-state index contributed by atoms with van der Waals surface area (Å²) in [4.78, 5) is 33.0. The number of nitro groups is 1. The van der Waals surface area contributed by atoms with Gasteiger partial charge in [-0.2, -0.15) is 4.68 Å². The Morgan fingerprint density at radius 2 is 2.00 bits per heavy atom. The number of carboxylic acids is 1. The minimum absolute atomic E-state index is 0.229. The lowest BCUT2D eigenvalue weighted by molar-refractivity contribution is -0.389. The van der Waals surface area contributed by atoms with Gasteiger partial charge in [-0.3, -0.25) is 9.59 Å². The molecule has 0 aliphatic heterocycles. The van der Waals surface area contributed by atoms with Crippen LogP contribution < -0.4 is 5.32 Å². The highest BCUT2D eigenvalue weighted by Gasteiger charge is 2.44. The summed E-state index contributed by atoms with van der Waals surface area (Å²) in [6, 6.07) is 1.18. The van der Waals surface area contributed by atoms with E-state index in [2.05, 4.69) is 10.4 Å². The van der Waals surface area contributed by atoms with Crippen molar-refractivity contribution >= 4 is 17.7 Å². The van der Waals surface area contributed by atoms with Crippen molar-refractivity contribution < 1.29 is 19.6 Å². The lowest BCUT2D eigenvalue weighted by Crippen LogP contribution is -2.57. The molecule has 21 heavy (non-hydrogen) atoms. The average Bonchev–Trinajstić information content (AvgIpc) is 2.76. The lowest BCUT2D eigenvalue weighted by atomic mass is 9.74. The molecule has 9 nitrogen and oxygen atoms in total. The number of nitrogens with zero attached hydrogens (tertiary/aromatic N) is 3. The van der Waals surface area contributed by atoms with Crippen LogP contribution in [0.2, 0.25) is 0 Å². The molecule has 0 bridgehead atoms. The summed E-state index contributed by atoms with van der Waals surface area (Å²) in [5.41, 5.74) is -2.19. The highest BCUT2D eigenvalue weighted by Crippen LogP contribution is 2.30. The number of hydrogen-bond donors (Lipinski definition) is 2. The van der Waals surface area contributed by atoms with Gasteiger partial charge < -0.3 is 20.5 Å². The summed E-state index contributed by atoms with van der Waals surface area (Å²) >= 11 is 0. The number of carbonyl (C=O) groups excluding carboxylic acids is 1. The Morgan fingerprint density at radius 1 is 1.43 bits per heavy atom. The topological polar surface area (TPSA) is 127 Å². The third-order valence-electron chi connectivity index (χ3n) is 3.67. The fraction of sp³-hybridized carbons (Fsp3) is 0.583. The van der Waals surface area contributed by atoms with Crippen molar-refractivity contribution in [2.45, 2.75) is 39.8 Å². The molecule has 1 rings (SSSR count). The predicted molar refractivity (Wildman–Crippen MR) is 72.5 cm³/mol. The first-order valence-corrected chi connectivity index (χ1v) is 6.19. The molecule has 0 aliphatic carbocycles. The van der Waals surface area contributed by atoms with Crippen LogP contribution in [0.1, 0.15) is 27.7 Å². The van der Waals surface area contributed by atoms with Gasteiger partial charge in [0.2, 0.25) is 5.91 Å². The molecular weight excluding hydrogens is 280 g/mol. The van der Waals surface area contributed by atoms with Gasteiger partial charge in [-0.05, 0) is 32.6 Å². The molecule has 116 valence electrons. The molecule has 0 fully saturated rings. The van der Waals surface area contributed by atoms with E-state index in [0.29, 0.717) is 0 Å². The number of rotatable bonds is 6. The van der Waals surface area contributed by atoms with E-state index in [-0.39, 0.29) is 12.4 Å². The predicted octanol–water partition coefficient (Wildman–Crippen LogP) is 0.797. The Labute approximate surface area is 121 Å². The first-order chi connectivity index (χ1) is 9.47. The Hall–Kier alpha value is -2.45. The van der Waals surface area contributed by atoms with Crippen molar-refractivity contribution in [1.82, 2.24) is 15.1 Å². The first-order valence-electron chi connectivity index (χ1n) is 6.19. The van der Waals surface area contributed by atoms with Crippen LogP contribution in [0.25, 0.3) is 0 Å². The summed E-state index contributed by atoms with van der Waals surface area (Å²) < 4.78 is 1.12. The van der Waals surface area contributed by atoms with E-state index >= 15 is 0 Å². The van der Waals surface area contributed by atoms with Crippen molar-refractivity contribution in [1.29, 1.82) is 0 Å². The Kier molecular flexibility index (Phi) is 4.35. The normalized spacial score (nSPS) is 12.0. The molecule has 0 saturated heterocycles. The maximum absolute atomic E-state index is 11.9. The zero-order valence-electron chi connectivity index (χ0n) is 12.3. The zero-order chi connectivity index (χ0) is 16.4. The van der Waals surface area contributed by atoms with Crippen LogP contribution in [0.3, 0.4) is 0 Å². The van der Waals surface area contributed by atoms with Gasteiger partial charge in [0, 0.05) is 0 Å². The van der Waals surface area contributed by atoms with Gasteiger partial charge in [-0.25, -0.2) is 0 Å². The maximum Gasteiger partial charge on any atom is 0.389 e. The van der Waals surface area contributed by atoms with E-state index in [1.807, 2.05) is 0 Å². The highest BCUT2D eigenvalue weighted by atomic mass is 16.6. The number of aromatic nitrogens is 2. The van der Waals surface area contributed by atoms with E-state index in [1.54, 1.807) is 13.8 Å². The van der Waals surface area contributed by atoms with E-state index < -0.39 is 27.8 Å². The molecule has 9 heteroatoms. The SMILES string of the molecule is CC(C)(NC(=O)Cn1ccc([N+](=O)[O-])n1)C(C)(C)C(=O)O. The van der Waals surface area contributed by atoms with Crippen molar-refractivity contribution in [2.24, 2.45) is 5.41 Å². The second-order valence-electron chi connectivity index (χ2n) is 5.73. The van der Waals surface area contributed by atoms with Crippen molar-refractivity contribution in [3.63, 3.8) is 0 Å². The molecular formula is C12H18N4O5. The molecule has 0 aromatic carbocycles. The largest absolute Gasteiger partial charge is 0.481 e. The third kappa shape index (κ3) is 3.56. The summed E-state index contributed by atoms with van der Waals surface area (Å²) in [6.07, 6.45) is 1.31. The van der Waals surface area contributed by atoms with Crippen molar-refractivity contribution in [2.75, 3.05) is 0 Å². The summed E-state index contributed by atoms with van der Waals surface area (Å²) in [7, 11) is 0. The van der Waals surface area contributed by atoms with Crippen molar-refractivity contribution in [3.8, 4) is 0 Å². The van der Waals surface area contributed by atoms with Crippen molar-refractivity contribution in [3.05, 3.63) is 22.4 Å². The molecule has 1 aromatic heterocycles. The van der Waals surface area contributed by atoms with Gasteiger partial charge >= 0.3 is 11.8 Å². The van der Waals surface area contributed by atoms with Gasteiger partial charge in [0.15, 0.2) is 0 Å². The molecule has 0 saturated carbocycles. The molecule has 0 radical (unpaired) electrons. The summed E-state index contributed by atoms with van der Waals surface area (Å²) in [5, 5.41) is 25.9. The Balaban J connectivity index is 2.76. The van der Waals surface area contributed by atoms with E-state index in [4.69, 9.17) is 0 Å². The number of carboxylic acid groups (broad SMARTS) is 1. The summed E-state index contributed by atoms with van der Waals surface area (Å²) in [5.74, 6) is -1.87. The van der Waals surface area contributed by atoms with Gasteiger partial charge in [-0.15, -0.1) is 0 Å². The van der Waals surface area contributed by atoms with Gasteiger partial charge in [-0.1, -0.05) is 0 Å². The van der Waals surface area contributed by atoms with Crippen LogP contribution in [-0.4, -0.2) is 37.2 Å². The van der Waals surface area contributed by atoms with Gasteiger partial charge in [0.1, 0.15) is 6.54 Å². The second kappa shape index (κ2) is 5.51. The number of hydrogen-bond acceptors (Lipinski definition) is 5. The van der Waals surface area contributed by atoms with Crippen LogP contribution in [0.5, 0.6) is 0 Å². The van der Waals surface area contributed by atoms with Crippen LogP contribution in [-0.2, 0) is 16.1 Å². The minimum atomic E-state index is -1.18. The molecule has 0 unspecified atom stereocenters. The quantitative estimate of drug-likeness (QED) is 0.590. The lowest BCUT2D eigenvalue weighted by Gasteiger charge is -2.38. The third-order valence-corrected chi connectivity index (χ3v) is 3.67. The van der Waals surface area contributed by atoms with Crippen LogP contribution in [0.15, 0.2) is 12.3 Å². The van der Waals surface area contributed by atoms with Crippen LogP contribution in [0, 0.1) is 15.5 Å². The molecule has 1 amide bonds. The maximum atomic E-state index is 11.9. The monoisotopic (exact) mass is 298 g/mol. The molecule has 2 N–H and O–H groups in total. The zero-order valence-corrected chi connectivity index (χ0v) is 12.3. The number of amides is 1. The highest BCUT2D eigenvalue weighted by molar-refractivity contribution is 5.80. The van der Waals surface area contributed by atoms with E-state index in [1.165, 1.54) is 26.1 Å². The fourth-order valence-electron chi connectivity index (χ4n) is 1.50. The van der Waals surface area contributed by atoms with E-state index in [9.17, 15) is 24.8 Å². The number of aliphatic carboxylic acids is 1. The number of nitrogens with one attached hydrogen (secondary N) is 1. The van der Waals surface area contributed by atoms with Gasteiger partial charge in [0.05, 0.1) is 28.3 Å². The standard InChI is InChI=1S/C12H18N4O5/c1-11(2,10(18)19)12(3,4)13-9(17)7-15-6-5-8(14-15)16(20)21/h5-6H,7H2,1-4H3,(H,13,17)(H,18,19). The van der Waals surface area contributed by atoms with Gasteiger partial charge in [0.25, 0.3) is 0 Å². The average molecular weight is 298 g/mol. The first kappa shape index (κ1) is 16.6. The van der Waals surface area contributed by atoms with E-state index in [0.717, 1.165) is 4.68 Å². The fourth-order valence-corrected chi connectivity index (χ4v) is 1.50. The second-order valence-corrected chi connectivity index (χ2v) is 5.73. The molecule has 1 aromatic rings. The Morgan fingerprint density at radius 3 is 2.43 bits per heavy atom. The van der Waals surface area contributed by atoms with Crippen LogP contribution in [0.4, 0.5) is 5.82 Å². The summed E-state index contributed by atoms with van der Waals surface area (Å²) in [6.45, 7) is 5.99. The molecule has 1 heterocycles. The Bertz CT molecular complexity index is 576.